The van der Waals surface area contributed by atoms with Crippen LogP contribution in [-0.2, 0) is 14.3 Å². The van der Waals surface area contributed by atoms with Crippen LogP contribution in [0.15, 0.2) is 11.6 Å². The van der Waals surface area contributed by atoms with Crippen molar-refractivity contribution >= 4 is 5.97 Å². The van der Waals surface area contributed by atoms with E-state index >= 15 is 0 Å². The van der Waals surface area contributed by atoms with E-state index in [-0.39, 0.29) is 17.4 Å². The van der Waals surface area contributed by atoms with Crippen LogP contribution in [0.2, 0.25) is 0 Å². The molecule has 2 atom stereocenters. The van der Waals surface area contributed by atoms with Crippen molar-refractivity contribution < 1.29 is 19.4 Å². The number of methoxy groups -OCH3 is 1. The quantitative estimate of drug-likeness (QED) is 0.573. The zero-order valence-corrected chi connectivity index (χ0v) is 13.5. The molecule has 0 bridgehead atoms. The van der Waals surface area contributed by atoms with Gasteiger partial charge in [0.2, 0.25) is 0 Å². The molecule has 1 rings (SSSR count). The van der Waals surface area contributed by atoms with Crippen LogP contribution in [0.4, 0.5) is 0 Å². The van der Waals surface area contributed by atoms with E-state index in [1.165, 1.54) is 12.7 Å². The number of hydrogen-bond donors (Lipinski definition) is 1. The summed E-state index contributed by atoms with van der Waals surface area (Å²) in [5, 5.41) is 9.50. The first-order chi connectivity index (χ1) is 9.12. The predicted octanol–water partition coefficient (Wildman–Crippen LogP) is 3.61. The van der Waals surface area contributed by atoms with Crippen LogP contribution < -0.4 is 0 Å². The lowest BCUT2D eigenvalue weighted by Crippen LogP contribution is -2.47. The molecule has 0 amide bonds. The number of allylic oxidation sites excluding steroid dienone is 1. The Bertz CT molecular complexity index is 384. The van der Waals surface area contributed by atoms with Crippen molar-refractivity contribution in [2.45, 2.75) is 65.8 Å². The molecule has 2 unspecified atom stereocenters. The van der Waals surface area contributed by atoms with Gasteiger partial charge in [-0.1, -0.05) is 33.8 Å². The summed E-state index contributed by atoms with van der Waals surface area (Å²) in [6, 6.07) is 0. The fourth-order valence-electron chi connectivity index (χ4n) is 2.74. The topological polar surface area (TPSA) is 55.8 Å². The van der Waals surface area contributed by atoms with Crippen LogP contribution in [0, 0.1) is 11.3 Å². The van der Waals surface area contributed by atoms with Crippen LogP contribution in [0.5, 0.6) is 0 Å². The zero-order chi connectivity index (χ0) is 15.6. The van der Waals surface area contributed by atoms with Crippen molar-refractivity contribution in [2.75, 3.05) is 7.11 Å². The van der Waals surface area contributed by atoms with E-state index < -0.39 is 11.8 Å². The maximum absolute atomic E-state index is 11.6. The van der Waals surface area contributed by atoms with Crippen LogP contribution >= 0.6 is 0 Å². The van der Waals surface area contributed by atoms with E-state index in [0.717, 1.165) is 12.8 Å². The Labute approximate surface area is 122 Å². The number of hydrogen-bond acceptors (Lipinski definition) is 3. The Morgan fingerprint density at radius 3 is 2.40 bits per heavy atom. The van der Waals surface area contributed by atoms with Gasteiger partial charge in [0.25, 0.3) is 5.79 Å². The minimum absolute atomic E-state index is 0.171. The van der Waals surface area contributed by atoms with Crippen molar-refractivity contribution in [1.29, 1.82) is 0 Å². The molecule has 0 fully saturated rings. The summed E-state index contributed by atoms with van der Waals surface area (Å²) in [5.74, 6) is -2.44. The molecule has 4 heteroatoms. The van der Waals surface area contributed by atoms with Gasteiger partial charge < -0.3 is 14.6 Å². The summed E-state index contributed by atoms with van der Waals surface area (Å²) in [4.78, 5) is 11.6. The second kappa shape index (κ2) is 6.27. The molecule has 1 N–H and O–H groups in total. The molecule has 0 heterocycles. The first-order valence-electron chi connectivity index (χ1n) is 7.30. The summed E-state index contributed by atoms with van der Waals surface area (Å²) < 4.78 is 11.1. The van der Waals surface area contributed by atoms with Gasteiger partial charge in [0.15, 0.2) is 0 Å². The van der Waals surface area contributed by atoms with Gasteiger partial charge in [-0.2, -0.15) is 0 Å². The normalized spacial score (nSPS) is 22.4. The monoisotopic (exact) mass is 284 g/mol. The van der Waals surface area contributed by atoms with Gasteiger partial charge in [0.1, 0.15) is 0 Å². The van der Waals surface area contributed by atoms with Crippen molar-refractivity contribution in [3.63, 3.8) is 0 Å². The number of ether oxygens (including phenoxy) is 2. The Morgan fingerprint density at radius 2 is 2.05 bits per heavy atom. The molecular formula is C16H28O4. The highest BCUT2D eigenvalue weighted by atomic mass is 16.7. The number of carboxylic acids is 1. The highest BCUT2D eigenvalue weighted by Crippen LogP contribution is 2.38. The van der Waals surface area contributed by atoms with Crippen LogP contribution in [0.3, 0.4) is 0 Å². The maximum atomic E-state index is 11.6. The molecule has 0 spiro atoms. The Balaban J connectivity index is 2.88. The first-order valence-corrected chi connectivity index (χ1v) is 7.30. The standard InChI is InChI=1S/C16H28O4/c1-11(2)9-16(19-6,14(17)18)20-12(3)13-7-8-15(4,5)10-13/h10-12H,7-9H2,1-6H3,(H,17,18). The molecule has 0 aliphatic heterocycles. The van der Waals surface area contributed by atoms with E-state index in [4.69, 9.17) is 9.47 Å². The van der Waals surface area contributed by atoms with Gasteiger partial charge in [0.05, 0.1) is 6.10 Å². The molecule has 0 aromatic carbocycles. The van der Waals surface area contributed by atoms with Gasteiger partial charge in [-0.3, -0.25) is 0 Å². The average Bonchev–Trinajstić information content (AvgIpc) is 2.67. The second-order valence-electron chi connectivity index (χ2n) is 6.83. The van der Waals surface area contributed by atoms with E-state index in [1.54, 1.807) is 0 Å². The molecule has 20 heavy (non-hydrogen) atoms. The van der Waals surface area contributed by atoms with E-state index in [1.807, 2.05) is 20.8 Å². The van der Waals surface area contributed by atoms with Crippen LogP contribution in [0.1, 0.15) is 53.9 Å². The average molecular weight is 284 g/mol. The molecule has 0 saturated heterocycles. The molecule has 1 aliphatic rings. The number of rotatable bonds is 7. The smallest absolute Gasteiger partial charge is 0.364 e. The lowest BCUT2D eigenvalue weighted by Gasteiger charge is -2.32. The van der Waals surface area contributed by atoms with Crippen LogP contribution in [0.25, 0.3) is 0 Å². The van der Waals surface area contributed by atoms with Gasteiger partial charge in [0, 0.05) is 13.5 Å². The van der Waals surface area contributed by atoms with E-state index in [2.05, 4.69) is 19.9 Å². The summed E-state index contributed by atoms with van der Waals surface area (Å²) >= 11 is 0. The van der Waals surface area contributed by atoms with Crippen molar-refractivity contribution in [2.24, 2.45) is 11.3 Å². The number of carbonyl (C=O) groups is 1. The molecule has 4 nitrogen and oxygen atoms in total. The highest BCUT2D eigenvalue weighted by molar-refractivity contribution is 5.75. The Morgan fingerprint density at radius 1 is 1.45 bits per heavy atom. The predicted molar refractivity (Wildman–Crippen MR) is 78.5 cm³/mol. The Kier molecular flexibility index (Phi) is 5.39. The van der Waals surface area contributed by atoms with Crippen molar-refractivity contribution in [1.82, 2.24) is 0 Å². The second-order valence-corrected chi connectivity index (χ2v) is 6.83. The summed E-state index contributed by atoms with van der Waals surface area (Å²) in [6.07, 6.45) is 4.32. The number of carboxylic acid groups (broad SMARTS) is 1. The minimum atomic E-state index is -1.55. The summed E-state index contributed by atoms with van der Waals surface area (Å²) in [5.41, 5.74) is 1.34. The zero-order valence-electron chi connectivity index (χ0n) is 13.5. The van der Waals surface area contributed by atoms with Crippen LogP contribution in [-0.4, -0.2) is 30.1 Å². The third kappa shape index (κ3) is 4.06. The molecule has 0 aromatic rings. The van der Waals surface area contributed by atoms with E-state index in [0.29, 0.717) is 6.42 Å². The number of aliphatic carboxylic acids is 1. The fraction of sp³-hybridized carbons (Fsp3) is 0.812. The third-order valence-corrected chi connectivity index (χ3v) is 3.86. The van der Waals surface area contributed by atoms with Gasteiger partial charge in [-0.15, -0.1) is 0 Å². The fourth-order valence-corrected chi connectivity index (χ4v) is 2.74. The Hall–Kier alpha value is -0.870. The summed E-state index contributed by atoms with van der Waals surface area (Å²) in [6.45, 7) is 10.2. The maximum Gasteiger partial charge on any atom is 0.364 e. The van der Waals surface area contributed by atoms with Gasteiger partial charge in [-0.25, -0.2) is 4.79 Å². The van der Waals surface area contributed by atoms with Gasteiger partial charge >= 0.3 is 5.97 Å². The SMILES string of the molecule is COC(CC(C)C)(OC(C)C1=CC(C)(C)CC1)C(=O)O. The molecule has 1 aliphatic carbocycles. The van der Waals surface area contributed by atoms with Gasteiger partial charge in [-0.05, 0) is 36.7 Å². The third-order valence-electron chi connectivity index (χ3n) is 3.86. The minimum Gasteiger partial charge on any atom is -0.477 e. The molecule has 0 radical (unpaired) electrons. The van der Waals surface area contributed by atoms with Crippen molar-refractivity contribution in [3.8, 4) is 0 Å². The largest absolute Gasteiger partial charge is 0.477 e. The molecular weight excluding hydrogens is 256 g/mol. The molecule has 116 valence electrons. The van der Waals surface area contributed by atoms with E-state index in [9.17, 15) is 9.90 Å². The highest BCUT2D eigenvalue weighted by Gasteiger charge is 2.43. The van der Waals surface area contributed by atoms with Crippen molar-refractivity contribution in [3.05, 3.63) is 11.6 Å². The first kappa shape index (κ1) is 17.2. The molecule has 0 aromatic heterocycles. The lowest BCUT2D eigenvalue weighted by atomic mass is 9.94. The summed E-state index contributed by atoms with van der Waals surface area (Å²) in [7, 11) is 1.40. The molecule has 0 saturated carbocycles. The lowest BCUT2D eigenvalue weighted by molar-refractivity contribution is -0.250.